The van der Waals surface area contributed by atoms with Crippen LogP contribution in [0.2, 0.25) is 0 Å². The molecule has 0 saturated carbocycles. The molecule has 0 spiro atoms. The van der Waals surface area contributed by atoms with Crippen LogP contribution in [0.15, 0.2) is 72.8 Å². The van der Waals surface area contributed by atoms with E-state index in [-0.39, 0.29) is 0 Å². The number of benzene rings is 4. The lowest BCUT2D eigenvalue weighted by Crippen LogP contribution is -2.12. The third-order valence-electron chi connectivity index (χ3n) is 4.75. The number of carbonyl (C=O) groups is 2. The van der Waals surface area contributed by atoms with Gasteiger partial charge in [0, 0.05) is 0 Å². The Bertz CT molecular complexity index is 1150. The van der Waals surface area contributed by atoms with Crippen molar-refractivity contribution in [1.82, 2.24) is 0 Å². The van der Waals surface area contributed by atoms with E-state index >= 15 is 0 Å². The number of hydrogen-bond donors (Lipinski definition) is 0. The lowest BCUT2D eigenvalue weighted by molar-refractivity contribution is 0.0398. The van der Waals surface area contributed by atoms with E-state index in [2.05, 4.69) is 0 Å². The Morgan fingerprint density at radius 2 is 0.931 bits per heavy atom. The van der Waals surface area contributed by atoms with Crippen LogP contribution in [0.5, 0.6) is 11.5 Å². The van der Waals surface area contributed by atoms with Gasteiger partial charge in [-0.25, -0.2) is 9.59 Å². The van der Waals surface area contributed by atoms with Gasteiger partial charge in [0.2, 0.25) is 0 Å². The Morgan fingerprint density at radius 3 is 1.34 bits per heavy atom. The van der Waals surface area contributed by atoms with Gasteiger partial charge in [0.1, 0.15) is 11.5 Å². The summed E-state index contributed by atoms with van der Waals surface area (Å²) in [6, 6.07) is 21.3. The van der Waals surface area contributed by atoms with Crippen LogP contribution in [-0.2, 0) is 4.74 Å². The third kappa shape index (κ3) is 3.75. The van der Waals surface area contributed by atoms with Crippen molar-refractivity contribution in [3.8, 4) is 11.5 Å². The summed E-state index contributed by atoms with van der Waals surface area (Å²) < 4.78 is 15.5. The van der Waals surface area contributed by atoms with Crippen molar-refractivity contribution in [1.29, 1.82) is 0 Å². The molecule has 0 aliphatic heterocycles. The zero-order chi connectivity index (χ0) is 20.4. The van der Waals surface area contributed by atoms with Crippen LogP contribution < -0.4 is 9.47 Å². The number of hydrogen-bond acceptors (Lipinski definition) is 5. The number of fused-ring (bicyclic) bond motifs is 2. The average Bonchev–Trinajstić information content (AvgIpc) is 2.77. The Hall–Kier alpha value is -3.86. The molecular formula is C24H18O5. The van der Waals surface area contributed by atoms with Crippen LogP contribution in [0.1, 0.15) is 20.7 Å². The van der Waals surface area contributed by atoms with Gasteiger partial charge in [-0.3, -0.25) is 0 Å². The molecule has 0 atom stereocenters. The Kier molecular flexibility index (Phi) is 4.87. The standard InChI is InChI=1S/C24H18O5/c1-27-21-9-7-15-11-19(5-3-17(15)13-21)23(25)29-24(26)20-6-4-18-14-22(28-2)10-8-16(18)12-20/h3-14H,1-2H3. The lowest BCUT2D eigenvalue weighted by Gasteiger charge is -2.07. The summed E-state index contributed by atoms with van der Waals surface area (Å²) in [4.78, 5) is 24.9. The second-order valence-corrected chi connectivity index (χ2v) is 6.53. The average molecular weight is 386 g/mol. The summed E-state index contributed by atoms with van der Waals surface area (Å²) in [7, 11) is 3.20. The first-order valence-corrected chi connectivity index (χ1v) is 8.99. The summed E-state index contributed by atoms with van der Waals surface area (Å²) >= 11 is 0. The fourth-order valence-corrected chi connectivity index (χ4v) is 3.16. The molecule has 4 rings (SSSR count). The molecule has 0 amide bonds. The Balaban J connectivity index is 1.55. The summed E-state index contributed by atoms with van der Waals surface area (Å²) in [6.45, 7) is 0. The fraction of sp³-hybridized carbons (Fsp3) is 0.0833. The molecule has 0 aliphatic rings. The first kappa shape index (κ1) is 18.5. The van der Waals surface area contributed by atoms with E-state index in [9.17, 15) is 9.59 Å². The van der Waals surface area contributed by atoms with Gasteiger partial charge >= 0.3 is 11.9 Å². The molecule has 0 radical (unpaired) electrons. The second-order valence-electron chi connectivity index (χ2n) is 6.53. The highest BCUT2D eigenvalue weighted by Gasteiger charge is 2.16. The van der Waals surface area contributed by atoms with Crippen LogP contribution >= 0.6 is 0 Å². The van der Waals surface area contributed by atoms with E-state index in [0.29, 0.717) is 11.1 Å². The van der Waals surface area contributed by atoms with E-state index in [0.717, 1.165) is 33.0 Å². The summed E-state index contributed by atoms with van der Waals surface area (Å²) in [6.07, 6.45) is 0. The van der Waals surface area contributed by atoms with E-state index in [4.69, 9.17) is 14.2 Å². The zero-order valence-electron chi connectivity index (χ0n) is 16.0. The molecule has 4 aromatic carbocycles. The van der Waals surface area contributed by atoms with Crippen LogP contribution in [0.3, 0.4) is 0 Å². The lowest BCUT2D eigenvalue weighted by atomic mass is 10.1. The van der Waals surface area contributed by atoms with Gasteiger partial charge in [-0.05, 0) is 70.1 Å². The van der Waals surface area contributed by atoms with Crippen molar-refractivity contribution in [3.05, 3.63) is 83.9 Å². The number of methoxy groups -OCH3 is 2. The van der Waals surface area contributed by atoms with E-state index < -0.39 is 11.9 Å². The first-order chi connectivity index (χ1) is 14.1. The monoisotopic (exact) mass is 386 g/mol. The van der Waals surface area contributed by atoms with Crippen molar-refractivity contribution >= 4 is 33.5 Å². The van der Waals surface area contributed by atoms with E-state index in [1.54, 1.807) is 50.6 Å². The maximum Gasteiger partial charge on any atom is 0.346 e. The minimum absolute atomic E-state index is 0.307. The van der Waals surface area contributed by atoms with Gasteiger partial charge in [-0.15, -0.1) is 0 Å². The molecule has 0 saturated heterocycles. The maximum atomic E-state index is 12.5. The molecule has 0 bridgehead atoms. The Labute approximate surface area is 167 Å². The van der Waals surface area contributed by atoms with Crippen LogP contribution in [0.4, 0.5) is 0 Å². The van der Waals surface area contributed by atoms with Gasteiger partial charge in [0.05, 0.1) is 25.3 Å². The highest BCUT2D eigenvalue weighted by molar-refractivity contribution is 6.05. The number of rotatable bonds is 4. The van der Waals surface area contributed by atoms with Gasteiger partial charge in [0.15, 0.2) is 0 Å². The highest BCUT2D eigenvalue weighted by Crippen LogP contribution is 2.24. The van der Waals surface area contributed by atoms with Gasteiger partial charge < -0.3 is 14.2 Å². The molecule has 29 heavy (non-hydrogen) atoms. The smallest absolute Gasteiger partial charge is 0.346 e. The molecule has 4 aromatic rings. The Morgan fingerprint density at radius 1 is 0.552 bits per heavy atom. The number of esters is 2. The predicted molar refractivity (Wildman–Crippen MR) is 111 cm³/mol. The molecular weight excluding hydrogens is 368 g/mol. The van der Waals surface area contributed by atoms with Crippen molar-refractivity contribution < 1.29 is 23.8 Å². The number of carbonyl (C=O) groups excluding carboxylic acids is 2. The quantitative estimate of drug-likeness (QED) is 0.365. The molecule has 5 nitrogen and oxygen atoms in total. The van der Waals surface area contributed by atoms with Crippen molar-refractivity contribution in [2.45, 2.75) is 0 Å². The summed E-state index contributed by atoms with van der Waals surface area (Å²) in [5.74, 6) is 0.0824. The minimum Gasteiger partial charge on any atom is -0.497 e. The van der Waals surface area contributed by atoms with Crippen molar-refractivity contribution in [2.75, 3.05) is 14.2 Å². The second kappa shape index (κ2) is 7.64. The van der Waals surface area contributed by atoms with Crippen LogP contribution in [-0.4, -0.2) is 26.2 Å². The molecule has 0 aliphatic carbocycles. The first-order valence-electron chi connectivity index (χ1n) is 8.99. The molecule has 144 valence electrons. The van der Waals surface area contributed by atoms with Gasteiger partial charge in [-0.1, -0.05) is 24.3 Å². The molecule has 5 heteroatoms. The van der Waals surface area contributed by atoms with Gasteiger partial charge in [-0.2, -0.15) is 0 Å². The third-order valence-corrected chi connectivity index (χ3v) is 4.75. The van der Waals surface area contributed by atoms with Crippen molar-refractivity contribution in [3.63, 3.8) is 0 Å². The minimum atomic E-state index is -0.692. The molecule has 0 heterocycles. The van der Waals surface area contributed by atoms with E-state index in [1.165, 1.54) is 0 Å². The zero-order valence-corrected chi connectivity index (χ0v) is 16.0. The summed E-state index contributed by atoms with van der Waals surface area (Å²) in [5.41, 5.74) is 0.614. The predicted octanol–water partition coefficient (Wildman–Crippen LogP) is 5.01. The summed E-state index contributed by atoms with van der Waals surface area (Å²) in [5, 5.41) is 3.56. The fourth-order valence-electron chi connectivity index (χ4n) is 3.16. The molecule has 0 N–H and O–H groups in total. The normalized spacial score (nSPS) is 10.7. The van der Waals surface area contributed by atoms with Gasteiger partial charge in [0.25, 0.3) is 0 Å². The molecule has 0 unspecified atom stereocenters. The largest absolute Gasteiger partial charge is 0.497 e. The molecule has 0 aromatic heterocycles. The topological polar surface area (TPSA) is 61.8 Å². The highest BCUT2D eigenvalue weighted by atomic mass is 16.6. The SMILES string of the molecule is COc1ccc2cc(C(=O)OC(=O)c3ccc4cc(OC)ccc4c3)ccc2c1. The van der Waals surface area contributed by atoms with Crippen LogP contribution in [0.25, 0.3) is 21.5 Å². The van der Waals surface area contributed by atoms with Crippen LogP contribution in [0, 0.1) is 0 Å². The maximum absolute atomic E-state index is 12.5. The number of ether oxygens (including phenoxy) is 3. The van der Waals surface area contributed by atoms with Crippen molar-refractivity contribution in [2.24, 2.45) is 0 Å². The van der Waals surface area contributed by atoms with E-state index in [1.807, 2.05) is 36.4 Å². The molecule has 0 fully saturated rings.